The molecule has 0 spiro atoms. The zero-order chi connectivity index (χ0) is 16.4. The summed E-state index contributed by atoms with van der Waals surface area (Å²) in [6.07, 6.45) is 0.716. The van der Waals surface area contributed by atoms with Crippen LogP contribution in [0.1, 0.15) is 35.5 Å². The fourth-order valence-electron chi connectivity index (χ4n) is 2.41. The number of hydrogen-bond acceptors (Lipinski definition) is 3. The van der Waals surface area contributed by atoms with Crippen LogP contribution in [0.15, 0.2) is 18.2 Å². The molecule has 0 aliphatic carbocycles. The van der Waals surface area contributed by atoms with Gasteiger partial charge in [-0.3, -0.25) is 9.59 Å². The van der Waals surface area contributed by atoms with Gasteiger partial charge in [-0.1, -0.05) is 26.3 Å². The Bertz CT molecular complexity index is 726. The Hall–Kier alpha value is -1.95. The number of fused-ring (bicyclic) bond motifs is 1. The number of aryl methyl sites for hydroxylation is 1. The third kappa shape index (κ3) is 2.97. The van der Waals surface area contributed by atoms with Crippen LogP contribution in [0.2, 0.25) is 0 Å². The van der Waals surface area contributed by atoms with Crippen molar-refractivity contribution in [2.45, 2.75) is 33.2 Å². The first-order valence-electron chi connectivity index (χ1n) is 7.14. The molecule has 2 rings (SSSR count). The average Bonchev–Trinajstić information content (AvgIpc) is 2.82. The van der Waals surface area contributed by atoms with Gasteiger partial charge in [0.05, 0.1) is 4.88 Å². The van der Waals surface area contributed by atoms with Gasteiger partial charge in [-0.05, 0) is 30.5 Å². The maximum Gasteiger partial charge on any atom is 0.262 e. The van der Waals surface area contributed by atoms with Crippen LogP contribution in [0.3, 0.4) is 0 Å². The van der Waals surface area contributed by atoms with Crippen LogP contribution in [0.25, 0.3) is 10.1 Å². The van der Waals surface area contributed by atoms with Gasteiger partial charge in [0, 0.05) is 10.1 Å². The molecule has 1 aromatic carbocycles. The summed E-state index contributed by atoms with van der Waals surface area (Å²) in [6, 6.07) is 4.02. The lowest BCUT2D eigenvalue weighted by atomic mass is 9.98. The highest BCUT2D eigenvalue weighted by atomic mass is 32.1. The van der Waals surface area contributed by atoms with E-state index in [0.29, 0.717) is 26.9 Å². The topological polar surface area (TPSA) is 72.2 Å². The van der Waals surface area contributed by atoms with Crippen LogP contribution >= 0.6 is 11.3 Å². The van der Waals surface area contributed by atoms with Gasteiger partial charge in [0.15, 0.2) is 0 Å². The second kappa shape index (κ2) is 6.44. The number of carbonyl (C=O) groups is 2. The van der Waals surface area contributed by atoms with E-state index < -0.39 is 11.9 Å². The van der Waals surface area contributed by atoms with E-state index in [9.17, 15) is 14.0 Å². The summed E-state index contributed by atoms with van der Waals surface area (Å²) in [5.74, 6) is -1.36. The van der Waals surface area contributed by atoms with Crippen LogP contribution in [0.4, 0.5) is 4.39 Å². The standard InChI is InChI=1S/C16H19FN2O2S/c1-4-8(2)13(15(18)20)19-16(21)14-9(3)12-10(17)6-5-7-11(12)22-14/h5-8,13H,4H2,1-3H3,(H2,18,20)(H,19,21). The second-order valence-corrected chi connectivity index (χ2v) is 6.46. The van der Waals surface area contributed by atoms with Crippen LogP contribution in [0, 0.1) is 18.7 Å². The highest BCUT2D eigenvalue weighted by Crippen LogP contribution is 2.32. The van der Waals surface area contributed by atoms with Crippen molar-refractivity contribution in [1.82, 2.24) is 5.32 Å². The fourth-order valence-corrected chi connectivity index (χ4v) is 3.53. The van der Waals surface area contributed by atoms with E-state index in [1.807, 2.05) is 13.8 Å². The predicted octanol–water partition coefficient (Wildman–Crippen LogP) is 2.98. The van der Waals surface area contributed by atoms with Crippen molar-refractivity contribution in [1.29, 1.82) is 0 Å². The van der Waals surface area contributed by atoms with Crippen LogP contribution in [-0.2, 0) is 4.79 Å². The molecule has 2 amide bonds. The second-order valence-electron chi connectivity index (χ2n) is 5.41. The minimum Gasteiger partial charge on any atom is -0.368 e. The molecule has 0 aliphatic heterocycles. The predicted molar refractivity (Wildman–Crippen MR) is 86.4 cm³/mol. The average molecular weight is 322 g/mol. The largest absolute Gasteiger partial charge is 0.368 e. The van der Waals surface area contributed by atoms with Crippen molar-refractivity contribution < 1.29 is 14.0 Å². The number of amides is 2. The van der Waals surface area contributed by atoms with Gasteiger partial charge in [0.1, 0.15) is 11.9 Å². The van der Waals surface area contributed by atoms with Crippen molar-refractivity contribution in [2.24, 2.45) is 11.7 Å². The van der Waals surface area contributed by atoms with Crippen molar-refractivity contribution in [3.63, 3.8) is 0 Å². The van der Waals surface area contributed by atoms with E-state index in [-0.39, 0.29) is 17.6 Å². The fraction of sp³-hybridized carbons (Fsp3) is 0.375. The first kappa shape index (κ1) is 16.4. The maximum absolute atomic E-state index is 13.9. The molecule has 1 aromatic heterocycles. The lowest BCUT2D eigenvalue weighted by Crippen LogP contribution is -2.48. The minimum absolute atomic E-state index is 0.0622. The molecule has 0 saturated carbocycles. The van der Waals surface area contributed by atoms with E-state index >= 15 is 0 Å². The molecule has 2 aromatic rings. The molecule has 0 fully saturated rings. The molecule has 2 atom stereocenters. The third-order valence-corrected chi connectivity index (χ3v) is 5.17. The quantitative estimate of drug-likeness (QED) is 0.888. The number of rotatable bonds is 5. The summed E-state index contributed by atoms with van der Waals surface area (Å²) in [4.78, 5) is 24.4. The summed E-state index contributed by atoms with van der Waals surface area (Å²) in [5, 5.41) is 3.13. The molecular weight excluding hydrogens is 303 g/mol. The van der Waals surface area contributed by atoms with E-state index in [1.54, 1.807) is 19.1 Å². The van der Waals surface area contributed by atoms with Gasteiger partial charge in [-0.15, -0.1) is 11.3 Å². The Kier molecular flexibility index (Phi) is 4.81. The van der Waals surface area contributed by atoms with Gasteiger partial charge in [0.2, 0.25) is 5.91 Å². The van der Waals surface area contributed by atoms with E-state index in [4.69, 9.17) is 5.73 Å². The van der Waals surface area contributed by atoms with Crippen molar-refractivity contribution in [3.05, 3.63) is 34.5 Å². The Balaban J connectivity index is 2.35. The Labute approximate surface area is 132 Å². The van der Waals surface area contributed by atoms with Crippen LogP contribution in [0.5, 0.6) is 0 Å². The number of hydrogen-bond donors (Lipinski definition) is 2. The molecule has 0 radical (unpaired) electrons. The smallest absolute Gasteiger partial charge is 0.262 e. The summed E-state index contributed by atoms with van der Waals surface area (Å²) in [7, 11) is 0. The highest BCUT2D eigenvalue weighted by Gasteiger charge is 2.26. The third-order valence-electron chi connectivity index (χ3n) is 3.92. The van der Waals surface area contributed by atoms with Crippen LogP contribution in [-0.4, -0.2) is 17.9 Å². The zero-order valence-electron chi connectivity index (χ0n) is 12.8. The lowest BCUT2D eigenvalue weighted by Gasteiger charge is -2.20. The summed E-state index contributed by atoms with van der Waals surface area (Å²) in [6.45, 7) is 5.49. The molecular formula is C16H19FN2O2S. The Morgan fingerprint density at radius 1 is 1.41 bits per heavy atom. The van der Waals surface area contributed by atoms with Crippen LogP contribution < -0.4 is 11.1 Å². The number of halogens is 1. The molecule has 118 valence electrons. The number of nitrogens with two attached hydrogens (primary N) is 1. The maximum atomic E-state index is 13.9. The van der Waals surface area contributed by atoms with Crippen molar-refractivity contribution in [3.8, 4) is 0 Å². The van der Waals surface area contributed by atoms with E-state index in [1.165, 1.54) is 17.4 Å². The van der Waals surface area contributed by atoms with Gasteiger partial charge in [-0.2, -0.15) is 0 Å². The molecule has 22 heavy (non-hydrogen) atoms. The number of nitrogens with one attached hydrogen (secondary N) is 1. The normalized spacial score (nSPS) is 13.8. The molecule has 0 saturated heterocycles. The molecule has 1 heterocycles. The van der Waals surface area contributed by atoms with Gasteiger partial charge in [0.25, 0.3) is 5.91 Å². The van der Waals surface area contributed by atoms with Crippen molar-refractivity contribution in [2.75, 3.05) is 0 Å². The van der Waals surface area contributed by atoms with E-state index in [2.05, 4.69) is 5.32 Å². The molecule has 0 aliphatic rings. The lowest BCUT2D eigenvalue weighted by molar-refractivity contribution is -0.120. The van der Waals surface area contributed by atoms with Crippen molar-refractivity contribution >= 4 is 33.2 Å². The minimum atomic E-state index is -0.730. The first-order valence-corrected chi connectivity index (χ1v) is 7.96. The Morgan fingerprint density at radius 3 is 2.64 bits per heavy atom. The molecule has 4 nitrogen and oxygen atoms in total. The SMILES string of the molecule is CCC(C)C(NC(=O)c1sc2cccc(F)c2c1C)C(N)=O. The van der Waals surface area contributed by atoms with Gasteiger partial charge >= 0.3 is 0 Å². The number of benzene rings is 1. The first-order chi connectivity index (χ1) is 10.4. The van der Waals surface area contributed by atoms with Gasteiger partial charge < -0.3 is 11.1 Å². The Morgan fingerprint density at radius 2 is 2.09 bits per heavy atom. The van der Waals surface area contributed by atoms with E-state index in [0.717, 1.165) is 0 Å². The zero-order valence-corrected chi connectivity index (χ0v) is 13.6. The number of primary amides is 1. The molecule has 0 bridgehead atoms. The molecule has 3 N–H and O–H groups in total. The molecule has 6 heteroatoms. The highest BCUT2D eigenvalue weighted by molar-refractivity contribution is 7.21. The summed E-state index contributed by atoms with van der Waals surface area (Å²) in [5.41, 5.74) is 5.95. The number of thiophene rings is 1. The number of carbonyl (C=O) groups excluding carboxylic acids is 2. The van der Waals surface area contributed by atoms with Gasteiger partial charge in [-0.25, -0.2) is 4.39 Å². The molecule has 2 unspecified atom stereocenters. The summed E-state index contributed by atoms with van der Waals surface area (Å²) < 4.78 is 14.6. The monoisotopic (exact) mass is 322 g/mol. The summed E-state index contributed by atoms with van der Waals surface area (Å²) >= 11 is 1.22.